The van der Waals surface area contributed by atoms with Crippen molar-refractivity contribution < 1.29 is 13.2 Å². The van der Waals surface area contributed by atoms with Gasteiger partial charge in [0.2, 0.25) is 10.0 Å². The number of hydrogen-bond donors (Lipinski definition) is 0. The lowest BCUT2D eigenvalue weighted by atomic mass is 10.1. The Morgan fingerprint density at radius 3 is 2.71 bits per heavy atom. The summed E-state index contributed by atoms with van der Waals surface area (Å²) in [5, 5.41) is 0. The van der Waals surface area contributed by atoms with Crippen LogP contribution in [0.1, 0.15) is 18.4 Å². The average molecular weight is 255 g/mol. The van der Waals surface area contributed by atoms with Crippen LogP contribution in [0.3, 0.4) is 0 Å². The van der Waals surface area contributed by atoms with E-state index in [9.17, 15) is 8.42 Å². The number of aryl methyl sites for hydroxylation is 1. The minimum absolute atomic E-state index is 0.568. The van der Waals surface area contributed by atoms with Crippen LogP contribution < -0.4 is 9.04 Å². The molecular weight excluding hydrogens is 238 g/mol. The maximum Gasteiger partial charge on any atom is 0.232 e. The van der Waals surface area contributed by atoms with Gasteiger partial charge in [-0.15, -0.1) is 0 Å². The third-order valence-electron chi connectivity index (χ3n) is 3.01. The van der Waals surface area contributed by atoms with Gasteiger partial charge in [-0.1, -0.05) is 0 Å². The fourth-order valence-electron chi connectivity index (χ4n) is 2.17. The molecule has 5 heteroatoms. The normalized spacial score (nSPS) is 16.2. The number of anilines is 1. The predicted molar refractivity (Wildman–Crippen MR) is 68.1 cm³/mol. The van der Waals surface area contributed by atoms with Crippen molar-refractivity contribution in [3.63, 3.8) is 0 Å². The highest BCUT2D eigenvalue weighted by Gasteiger charge is 2.22. The van der Waals surface area contributed by atoms with E-state index in [0.717, 1.165) is 36.3 Å². The lowest BCUT2D eigenvalue weighted by molar-refractivity contribution is 0.414. The van der Waals surface area contributed by atoms with E-state index in [1.807, 2.05) is 18.2 Å². The van der Waals surface area contributed by atoms with Gasteiger partial charge in [0, 0.05) is 6.54 Å². The van der Waals surface area contributed by atoms with Crippen molar-refractivity contribution >= 4 is 15.7 Å². The van der Waals surface area contributed by atoms with Crippen LogP contribution in [0.4, 0.5) is 5.69 Å². The summed E-state index contributed by atoms with van der Waals surface area (Å²) >= 11 is 0. The number of sulfonamides is 1. The first-order valence-corrected chi connectivity index (χ1v) is 7.52. The molecular formula is C12H17NO3S. The first kappa shape index (κ1) is 12.2. The van der Waals surface area contributed by atoms with E-state index in [1.165, 1.54) is 10.6 Å². The minimum atomic E-state index is -3.19. The van der Waals surface area contributed by atoms with Crippen LogP contribution in [0, 0.1) is 0 Å². The SMILES string of the molecule is COc1ccc2c(c1)CCCCN2S(C)(=O)=O. The van der Waals surface area contributed by atoms with E-state index in [-0.39, 0.29) is 0 Å². The van der Waals surface area contributed by atoms with E-state index < -0.39 is 10.0 Å². The molecule has 1 aromatic carbocycles. The molecule has 0 amide bonds. The molecule has 0 radical (unpaired) electrons. The molecule has 0 fully saturated rings. The van der Waals surface area contributed by atoms with Crippen molar-refractivity contribution in [1.29, 1.82) is 0 Å². The van der Waals surface area contributed by atoms with Gasteiger partial charge in [-0.2, -0.15) is 0 Å². The third kappa shape index (κ3) is 2.54. The quantitative estimate of drug-likeness (QED) is 0.809. The van der Waals surface area contributed by atoms with E-state index in [1.54, 1.807) is 7.11 Å². The molecule has 4 nitrogen and oxygen atoms in total. The molecule has 0 saturated heterocycles. The molecule has 1 aliphatic rings. The Balaban J connectivity index is 2.50. The molecule has 0 spiro atoms. The van der Waals surface area contributed by atoms with Gasteiger partial charge in [0.1, 0.15) is 5.75 Å². The number of methoxy groups -OCH3 is 1. The number of benzene rings is 1. The zero-order valence-corrected chi connectivity index (χ0v) is 11.0. The Morgan fingerprint density at radius 1 is 1.29 bits per heavy atom. The van der Waals surface area contributed by atoms with Crippen molar-refractivity contribution in [2.75, 3.05) is 24.2 Å². The summed E-state index contributed by atoms with van der Waals surface area (Å²) in [6.45, 7) is 0.568. The molecule has 2 rings (SSSR count). The summed E-state index contributed by atoms with van der Waals surface area (Å²) in [6, 6.07) is 5.57. The first-order chi connectivity index (χ1) is 8.02. The molecule has 0 unspecified atom stereocenters. The zero-order chi connectivity index (χ0) is 12.5. The fourth-order valence-corrected chi connectivity index (χ4v) is 3.16. The van der Waals surface area contributed by atoms with Crippen LogP contribution in [0.2, 0.25) is 0 Å². The number of nitrogens with zero attached hydrogens (tertiary/aromatic N) is 1. The molecule has 17 heavy (non-hydrogen) atoms. The molecule has 1 aliphatic heterocycles. The Bertz CT molecular complexity index is 510. The standard InChI is InChI=1S/C12H17NO3S/c1-16-11-6-7-12-10(9-11)5-3-4-8-13(12)17(2,14)15/h6-7,9H,3-5,8H2,1-2H3. The summed E-state index contributed by atoms with van der Waals surface area (Å²) in [5.74, 6) is 0.777. The Kier molecular flexibility index (Phi) is 3.28. The Morgan fingerprint density at radius 2 is 2.06 bits per heavy atom. The first-order valence-electron chi connectivity index (χ1n) is 5.67. The molecule has 1 heterocycles. The molecule has 0 aromatic heterocycles. The summed E-state index contributed by atoms with van der Waals surface area (Å²) in [6.07, 6.45) is 4.06. The lowest BCUT2D eigenvalue weighted by Gasteiger charge is -2.22. The van der Waals surface area contributed by atoms with Crippen molar-refractivity contribution in [2.24, 2.45) is 0 Å². The molecule has 0 bridgehead atoms. The average Bonchev–Trinajstić information content (AvgIpc) is 2.49. The molecule has 0 atom stereocenters. The zero-order valence-electron chi connectivity index (χ0n) is 10.1. The van der Waals surface area contributed by atoms with Gasteiger partial charge >= 0.3 is 0 Å². The third-order valence-corrected chi connectivity index (χ3v) is 4.19. The van der Waals surface area contributed by atoms with Crippen molar-refractivity contribution in [3.05, 3.63) is 23.8 Å². The molecule has 1 aromatic rings. The van der Waals surface area contributed by atoms with E-state index >= 15 is 0 Å². The summed E-state index contributed by atoms with van der Waals surface area (Å²) < 4.78 is 30.2. The van der Waals surface area contributed by atoms with E-state index in [4.69, 9.17) is 4.74 Å². The molecule has 94 valence electrons. The van der Waals surface area contributed by atoms with Gasteiger partial charge in [0.05, 0.1) is 19.1 Å². The molecule has 0 aliphatic carbocycles. The predicted octanol–water partition coefficient (Wildman–Crippen LogP) is 1.80. The van der Waals surface area contributed by atoms with Gasteiger partial charge < -0.3 is 4.74 Å². The fraction of sp³-hybridized carbons (Fsp3) is 0.500. The Hall–Kier alpha value is -1.23. The topological polar surface area (TPSA) is 46.6 Å². The molecule has 0 saturated carbocycles. The second-order valence-corrected chi connectivity index (χ2v) is 6.19. The van der Waals surface area contributed by atoms with Crippen molar-refractivity contribution in [2.45, 2.75) is 19.3 Å². The highest BCUT2D eigenvalue weighted by atomic mass is 32.2. The number of hydrogen-bond acceptors (Lipinski definition) is 3. The number of fused-ring (bicyclic) bond motifs is 1. The van der Waals surface area contributed by atoms with Gasteiger partial charge in [-0.3, -0.25) is 4.31 Å². The van der Waals surface area contributed by atoms with Gasteiger partial charge in [0.15, 0.2) is 0 Å². The summed E-state index contributed by atoms with van der Waals surface area (Å²) in [5.41, 5.74) is 1.85. The van der Waals surface area contributed by atoms with Crippen LogP contribution in [-0.4, -0.2) is 28.3 Å². The Labute approximate surface area is 102 Å². The number of ether oxygens (including phenoxy) is 1. The summed E-state index contributed by atoms with van der Waals surface area (Å²) in [4.78, 5) is 0. The monoisotopic (exact) mass is 255 g/mol. The number of rotatable bonds is 2. The van der Waals surface area contributed by atoms with Crippen LogP contribution >= 0.6 is 0 Å². The smallest absolute Gasteiger partial charge is 0.232 e. The van der Waals surface area contributed by atoms with Crippen LogP contribution in [0.25, 0.3) is 0 Å². The van der Waals surface area contributed by atoms with Crippen molar-refractivity contribution in [3.8, 4) is 5.75 Å². The lowest BCUT2D eigenvalue weighted by Crippen LogP contribution is -2.30. The van der Waals surface area contributed by atoms with E-state index in [2.05, 4.69) is 0 Å². The highest BCUT2D eigenvalue weighted by molar-refractivity contribution is 7.92. The highest BCUT2D eigenvalue weighted by Crippen LogP contribution is 2.31. The minimum Gasteiger partial charge on any atom is -0.497 e. The van der Waals surface area contributed by atoms with Crippen LogP contribution in [0.15, 0.2) is 18.2 Å². The summed E-state index contributed by atoms with van der Waals surface area (Å²) in [7, 11) is -1.57. The second-order valence-electron chi connectivity index (χ2n) is 4.29. The maximum absolute atomic E-state index is 11.8. The van der Waals surface area contributed by atoms with Gasteiger partial charge in [-0.25, -0.2) is 8.42 Å². The maximum atomic E-state index is 11.8. The van der Waals surface area contributed by atoms with Crippen LogP contribution in [0.5, 0.6) is 5.75 Å². The largest absolute Gasteiger partial charge is 0.497 e. The van der Waals surface area contributed by atoms with Crippen LogP contribution in [-0.2, 0) is 16.4 Å². The van der Waals surface area contributed by atoms with Gasteiger partial charge in [0.25, 0.3) is 0 Å². The van der Waals surface area contributed by atoms with Crippen molar-refractivity contribution in [1.82, 2.24) is 0 Å². The van der Waals surface area contributed by atoms with Gasteiger partial charge in [-0.05, 0) is 43.0 Å². The second kappa shape index (κ2) is 4.56. The van der Waals surface area contributed by atoms with E-state index in [0.29, 0.717) is 6.54 Å². The molecule has 0 N–H and O–H groups in total.